The zero-order chi connectivity index (χ0) is 23.1. The fraction of sp³-hybridized carbons (Fsp3) is 0.231. The highest BCUT2D eigenvalue weighted by Gasteiger charge is 2.25. The molecule has 4 aromatic rings. The third-order valence-corrected chi connectivity index (χ3v) is 6.21. The van der Waals surface area contributed by atoms with Crippen LogP contribution < -0.4 is 14.8 Å². The number of nitrogens with one attached hydrogen (secondary N) is 2. The molecule has 34 heavy (non-hydrogen) atoms. The predicted octanol–water partition coefficient (Wildman–Crippen LogP) is 4.57. The highest BCUT2D eigenvalue weighted by Crippen LogP contribution is 2.37. The minimum absolute atomic E-state index is 0.0196. The SMILES string of the molecule is Cc1cncc(-c2cnc([C@@H]3COc4ccc(Oc5ccnc6c5CCC(=O)N6)cc4C3)[nH]2)c1. The van der Waals surface area contributed by atoms with Crippen LogP contribution in [0.1, 0.15) is 34.9 Å². The Morgan fingerprint density at radius 3 is 2.94 bits per heavy atom. The van der Waals surface area contributed by atoms with E-state index in [0.717, 1.165) is 51.7 Å². The first-order valence-corrected chi connectivity index (χ1v) is 11.3. The van der Waals surface area contributed by atoms with Gasteiger partial charge in [-0.25, -0.2) is 9.97 Å². The molecule has 0 saturated heterocycles. The van der Waals surface area contributed by atoms with Crippen molar-refractivity contribution in [3.63, 3.8) is 0 Å². The molecule has 0 radical (unpaired) electrons. The molecule has 0 spiro atoms. The summed E-state index contributed by atoms with van der Waals surface area (Å²) in [5, 5.41) is 2.81. The van der Waals surface area contributed by atoms with Crippen LogP contribution in [0.4, 0.5) is 5.82 Å². The molecular weight excluding hydrogens is 430 g/mol. The highest BCUT2D eigenvalue weighted by atomic mass is 16.5. The quantitative estimate of drug-likeness (QED) is 0.469. The first-order chi connectivity index (χ1) is 16.6. The minimum Gasteiger partial charge on any atom is -0.493 e. The molecule has 8 heteroatoms. The van der Waals surface area contributed by atoms with Crippen LogP contribution in [-0.2, 0) is 17.6 Å². The van der Waals surface area contributed by atoms with Gasteiger partial charge in [0.2, 0.25) is 5.91 Å². The number of amides is 1. The number of anilines is 1. The van der Waals surface area contributed by atoms with Crippen LogP contribution in [0, 0.1) is 6.92 Å². The fourth-order valence-electron chi connectivity index (χ4n) is 4.48. The van der Waals surface area contributed by atoms with Gasteiger partial charge in [0.25, 0.3) is 0 Å². The average Bonchev–Trinajstić information content (AvgIpc) is 3.34. The van der Waals surface area contributed by atoms with Crippen molar-refractivity contribution >= 4 is 11.7 Å². The monoisotopic (exact) mass is 453 g/mol. The molecule has 0 saturated carbocycles. The fourth-order valence-corrected chi connectivity index (χ4v) is 4.48. The number of H-pyrrole nitrogens is 1. The Morgan fingerprint density at radius 1 is 1.09 bits per heavy atom. The number of rotatable bonds is 4. The largest absolute Gasteiger partial charge is 0.493 e. The molecule has 6 rings (SSSR count). The molecule has 1 atom stereocenters. The van der Waals surface area contributed by atoms with Gasteiger partial charge in [-0.05, 0) is 61.2 Å². The zero-order valence-corrected chi connectivity index (χ0v) is 18.7. The lowest BCUT2D eigenvalue weighted by Gasteiger charge is -2.25. The number of hydrogen-bond acceptors (Lipinski definition) is 6. The van der Waals surface area contributed by atoms with Crippen LogP contribution in [-0.4, -0.2) is 32.4 Å². The molecule has 1 aromatic carbocycles. The van der Waals surface area contributed by atoms with Gasteiger partial charge in [0, 0.05) is 36.1 Å². The van der Waals surface area contributed by atoms with Gasteiger partial charge in [-0.2, -0.15) is 0 Å². The maximum Gasteiger partial charge on any atom is 0.225 e. The molecule has 3 aromatic heterocycles. The number of aryl methyl sites for hydroxylation is 1. The molecule has 2 N–H and O–H groups in total. The maximum atomic E-state index is 11.7. The summed E-state index contributed by atoms with van der Waals surface area (Å²) < 4.78 is 12.3. The van der Waals surface area contributed by atoms with E-state index in [-0.39, 0.29) is 11.8 Å². The standard InChI is InChI=1S/C26H23N5O3/c1-15-8-17(12-27-11-15)21-13-29-25(30-21)18-9-16-10-19(2-4-22(16)33-14-18)34-23-6-7-28-26-20(23)3-5-24(32)31-26/h2,4,6-8,10-13,18H,3,5,9,14H2,1H3,(H,29,30)(H,28,31,32)/t18-/m0/s1. The predicted molar refractivity (Wildman–Crippen MR) is 126 cm³/mol. The molecule has 0 aliphatic carbocycles. The number of benzene rings is 1. The molecule has 1 amide bonds. The molecule has 2 aliphatic rings. The number of hydrogen-bond donors (Lipinski definition) is 2. The van der Waals surface area contributed by atoms with E-state index in [1.54, 1.807) is 6.20 Å². The number of nitrogens with zero attached hydrogens (tertiary/aromatic N) is 3. The number of aromatic amines is 1. The van der Waals surface area contributed by atoms with Crippen molar-refractivity contribution in [2.45, 2.75) is 32.1 Å². The van der Waals surface area contributed by atoms with Crippen LogP contribution in [0.3, 0.4) is 0 Å². The van der Waals surface area contributed by atoms with E-state index >= 15 is 0 Å². The number of carbonyl (C=O) groups excluding carboxylic acids is 1. The summed E-state index contributed by atoms with van der Waals surface area (Å²) in [5.41, 5.74) is 5.06. The number of aromatic nitrogens is 4. The normalized spacial score (nSPS) is 16.7. The van der Waals surface area contributed by atoms with Crippen molar-refractivity contribution in [3.8, 4) is 28.5 Å². The summed E-state index contributed by atoms with van der Waals surface area (Å²) in [6, 6.07) is 9.79. The lowest BCUT2D eigenvalue weighted by molar-refractivity contribution is -0.116. The van der Waals surface area contributed by atoms with E-state index in [1.807, 2.05) is 49.8 Å². The van der Waals surface area contributed by atoms with E-state index < -0.39 is 0 Å². The van der Waals surface area contributed by atoms with Crippen molar-refractivity contribution in [1.82, 2.24) is 19.9 Å². The van der Waals surface area contributed by atoms with E-state index in [0.29, 0.717) is 31.0 Å². The van der Waals surface area contributed by atoms with E-state index in [9.17, 15) is 4.79 Å². The zero-order valence-electron chi connectivity index (χ0n) is 18.7. The molecule has 170 valence electrons. The summed E-state index contributed by atoms with van der Waals surface area (Å²) >= 11 is 0. The van der Waals surface area contributed by atoms with E-state index in [1.165, 1.54) is 0 Å². The van der Waals surface area contributed by atoms with Crippen molar-refractivity contribution in [2.24, 2.45) is 0 Å². The van der Waals surface area contributed by atoms with Crippen molar-refractivity contribution in [3.05, 3.63) is 77.6 Å². The van der Waals surface area contributed by atoms with Crippen molar-refractivity contribution in [2.75, 3.05) is 11.9 Å². The smallest absolute Gasteiger partial charge is 0.225 e. The summed E-state index contributed by atoms with van der Waals surface area (Å²) in [5.74, 6) is 3.86. The van der Waals surface area contributed by atoms with Gasteiger partial charge in [0.1, 0.15) is 28.9 Å². The maximum absolute atomic E-state index is 11.7. The number of ether oxygens (including phenoxy) is 2. The molecule has 0 bridgehead atoms. The third kappa shape index (κ3) is 3.87. The number of carbonyl (C=O) groups is 1. The molecule has 0 unspecified atom stereocenters. The van der Waals surface area contributed by atoms with Gasteiger partial charge in [0.15, 0.2) is 0 Å². The van der Waals surface area contributed by atoms with Gasteiger partial charge in [0.05, 0.1) is 24.4 Å². The van der Waals surface area contributed by atoms with Gasteiger partial charge < -0.3 is 19.8 Å². The van der Waals surface area contributed by atoms with Crippen molar-refractivity contribution in [1.29, 1.82) is 0 Å². The molecule has 8 nitrogen and oxygen atoms in total. The van der Waals surface area contributed by atoms with E-state index in [4.69, 9.17) is 9.47 Å². The summed E-state index contributed by atoms with van der Waals surface area (Å²) in [4.78, 5) is 28.3. The third-order valence-electron chi connectivity index (χ3n) is 6.21. The molecule has 2 aliphatic heterocycles. The average molecular weight is 454 g/mol. The summed E-state index contributed by atoms with van der Waals surface area (Å²) in [6.45, 7) is 2.58. The number of fused-ring (bicyclic) bond motifs is 2. The Bertz CT molecular complexity index is 1400. The first kappa shape index (κ1) is 20.4. The van der Waals surface area contributed by atoms with Crippen LogP contribution in [0.15, 0.2) is 55.1 Å². The highest BCUT2D eigenvalue weighted by molar-refractivity contribution is 5.93. The first-order valence-electron chi connectivity index (χ1n) is 11.3. The number of imidazole rings is 1. The number of pyridine rings is 2. The van der Waals surface area contributed by atoms with Gasteiger partial charge >= 0.3 is 0 Å². The van der Waals surface area contributed by atoms with Crippen LogP contribution in [0.25, 0.3) is 11.3 Å². The molecular formula is C26H23N5O3. The van der Waals surface area contributed by atoms with Gasteiger partial charge in [-0.1, -0.05) is 0 Å². The summed E-state index contributed by atoms with van der Waals surface area (Å²) in [7, 11) is 0. The topological polar surface area (TPSA) is 102 Å². The van der Waals surface area contributed by atoms with Crippen LogP contribution >= 0.6 is 0 Å². The minimum atomic E-state index is -0.0196. The van der Waals surface area contributed by atoms with Crippen LogP contribution in [0.2, 0.25) is 0 Å². The Kier molecular flexibility index (Phi) is 4.98. The summed E-state index contributed by atoms with van der Waals surface area (Å²) in [6.07, 6.45) is 9.00. The van der Waals surface area contributed by atoms with E-state index in [2.05, 4.69) is 31.3 Å². The van der Waals surface area contributed by atoms with Crippen LogP contribution in [0.5, 0.6) is 17.2 Å². The Balaban J connectivity index is 1.22. The Labute approximate surface area is 196 Å². The second-order valence-corrected chi connectivity index (χ2v) is 8.70. The van der Waals surface area contributed by atoms with Crippen molar-refractivity contribution < 1.29 is 14.3 Å². The second-order valence-electron chi connectivity index (χ2n) is 8.70. The molecule has 0 fully saturated rings. The van der Waals surface area contributed by atoms with Gasteiger partial charge in [-0.3, -0.25) is 9.78 Å². The lowest BCUT2D eigenvalue weighted by atomic mass is 9.96. The lowest BCUT2D eigenvalue weighted by Crippen LogP contribution is -2.20. The Morgan fingerprint density at radius 2 is 2.03 bits per heavy atom. The Hall–Kier alpha value is -4.20. The molecule has 5 heterocycles. The second kappa shape index (κ2) is 8.30. The van der Waals surface area contributed by atoms with Gasteiger partial charge in [-0.15, -0.1) is 0 Å².